The Morgan fingerprint density at radius 3 is 3.00 bits per heavy atom. The lowest BCUT2D eigenvalue weighted by Crippen LogP contribution is -2.27. The smallest absolute Gasteiger partial charge is 0.238 e. The van der Waals surface area contributed by atoms with Gasteiger partial charge in [0.15, 0.2) is 11.5 Å². The molecular formula is C14H14N2O3S. The number of ether oxygens (including phenoxy) is 2. The number of carbonyl (C=O) groups excluding carboxylic acids is 1. The van der Waals surface area contributed by atoms with Crippen molar-refractivity contribution in [1.29, 1.82) is 0 Å². The Balaban J connectivity index is 1.49. The van der Waals surface area contributed by atoms with Crippen LogP contribution in [0.4, 0.5) is 5.69 Å². The third kappa shape index (κ3) is 3.09. The molecule has 1 aliphatic rings. The van der Waals surface area contributed by atoms with Gasteiger partial charge in [0, 0.05) is 23.2 Å². The van der Waals surface area contributed by atoms with Gasteiger partial charge in [0.25, 0.3) is 0 Å². The Morgan fingerprint density at radius 2 is 2.15 bits per heavy atom. The number of carbonyl (C=O) groups is 1. The standard InChI is InChI=1S/C14H14N2O3S/c17-14(8-15-7-11-2-1-5-20-11)16-10-3-4-12-13(6-10)19-9-18-12/h1-6,15H,7-9H2,(H,16,17). The molecule has 20 heavy (non-hydrogen) atoms. The second-order valence-corrected chi connectivity index (χ2v) is 5.33. The van der Waals surface area contributed by atoms with Crippen molar-refractivity contribution in [1.82, 2.24) is 5.32 Å². The van der Waals surface area contributed by atoms with Gasteiger partial charge in [-0.2, -0.15) is 0 Å². The number of fused-ring (bicyclic) bond motifs is 1. The molecule has 1 aliphatic heterocycles. The van der Waals surface area contributed by atoms with Gasteiger partial charge in [-0.05, 0) is 23.6 Å². The summed E-state index contributed by atoms with van der Waals surface area (Å²) in [7, 11) is 0. The Labute approximate surface area is 120 Å². The van der Waals surface area contributed by atoms with E-state index in [-0.39, 0.29) is 19.2 Å². The van der Waals surface area contributed by atoms with Gasteiger partial charge in [-0.3, -0.25) is 4.79 Å². The van der Waals surface area contributed by atoms with Gasteiger partial charge in [0.05, 0.1) is 6.54 Å². The van der Waals surface area contributed by atoms with Crippen molar-refractivity contribution in [3.8, 4) is 11.5 Å². The van der Waals surface area contributed by atoms with E-state index in [9.17, 15) is 4.79 Å². The second kappa shape index (κ2) is 5.94. The molecule has 6 heteroatoms. The summed E-state index contributed by atoms with van der Waals surface area (Å²) in [5.41, 5.74) is 0.706. The maximum absolute atomic E-state index is 11.8. The number of benzene rings is 1. The number of thiophene rings is 1. The van der Waals surface area contributed by atoms with E-state index < -0.39 is 0 Å². The summed E-state index contributed by atoms with van der Waals surface area (Å²) in [6.45, 7) is 1.20. The van der Waals surface area contributed by atoms with Crippen molar-refractivity contribution >= 4 is 22.9 Å². The van der Waals surface area contributed by atoms with Crippen LogP contribution >= 0.6 is 11.3 Å². The fourth-order valence-electron chi connectivity index (χ4n) is 1.89. The summed E-state index contributed by atoms with van der Waals surface area (Å²) >= 11 is 1.67. The zero-order valence-corrected chi connectivity index (χ0v) is 11.5. The predicted octanol–water partition coefficient (Wildman–Crippen LogP) is 2.21. The van der Waals surface area contributed by atoms with E-state index in [4.69, 9.17) is 9.47 Å². The first-order valence-corrected chi connectivity index (χ1v) is 7.12. The van der Waals surface area contributed by atoms with E-state index in [1.165, 1.54) is 4.88 Å². The normalized spacial score (nSPS) is 12.4. The SMILES string of the molecule is O=C(CNCc1cccs1)Nc1ccc2c(c1)OCO2. The summed E-state index contributed by atoms with van der Waals surface area (Å²) < 4.78 is 10.5. The Bertz CT molecular complexity index is 598. The lowest BCUT2D eigenvalue weighted by Gasteiger charge is -2.07. The number of nitrogens with one attached hydrogen (secondary N) is 2. The van der Waals surface area contributed by atoms with Crippen molar-refractivity contribution in [2.75, 3.05) is 18.7 Å². The average molecular weight is 290 g/mol. The Hall–Kier alpha value is -2.05. The number of amides is 1. The minimum atomic E-state index is -0.0829. The van der Waals surface area contributed by atoms with Crippen molar-refractivity contribution in [2.45, 2.75) is 6.54 Å². The monoisotopic (exact) mass is 290 g/mol. The lowest BCUT2D eigenvalue weighted by molar-refractivity contribution is -0.115. The fourth-order valence-corrected chi connectivity index (χ4v) is 2.57. The van der Waals surface area contributed by atoms with Crippen molar-refractivity contribution in [3.63, 3.8) is 0 Å². The van der Waals surface area contributed by atoms with E-state index in [1.807, 2.05) is 17.5 Å². The summed E-state index contributed by atoms with van der Waals surface area (Å²) in [6, 6.07) is 9.38. The van der Waals surface area contributed by atoms with Crippen LogP contribution in [0.25, 0.3) is 0 Å². The highest BCUT2D eigenvalue weighted by Crippen LogP contribution is 2.34. The van der Waals surface area contributed by atoms with E-state index >= 15 is 0 Å². The largest absolute Gasteiger partial charge is 0.454 e. The Kier molecular flexibility index (Phi) is 3.85. The zero-order chi connectivity index (χ0) is 13.8. The predicted molar refractivity (Wildman–Crippen MR) is 77.2 cm³/mol. The first-order valence-electron chi connectivity index (χ1n) is 6.24. The molecule has 104 valence electrons. The molecule has 1 aromatic carbocycles. The fraction of sp³-hybridized carbons (Fsp3) is 0.214. The minimum Gasteiger partial charge on any atom is -0.454 e. The van der Waals surface area contributed by atoms with Gasteiger partial charge >= 0.3 is 0 Å². The zero-order valence-electron chi connectivity index (χ0n) is 10.7. The Morgan fingerprint density at radius 1 is 1.25 bits per heavy atom. The van der Waals surface area contributed by atoms with Gasteiger partial charge < -0.3 is 20.1 Å². The van der Waals surface area contributed by atoms with Crippen LogP contribution in [0.3, 0.4) is 0 Å². The number of hydrogen-bond donors (Lipinski definition) is 2. The molecule has 0 radical (unpaired) electrons. The first-order chi connectivity index (χ1) is 9.81. The molecule has 3 rings (SSSR count). The summed E-state index contributed by atoms with van der Waals surface area (Å²) in [5.74, 6) is 1.29. The lowest BCUT2D eigenvalue weighted by atomic mass is 10.3. The number of anilines is 1. The summed E-state index contributed by atoms with van der Waals surface area (Å²) in [5, 5.41) is 7.94. The van der Waals surface area contributed by atoms with Crippen LogP contribution in [-0.2, 0) is 11.3 Å². The van der Waals surface area contributed by atoms with Gasteiger partial charge in [0.1, 0.15) is 0 Å². The van der Waals surface area contributed by atoms with Crippen molar-refractivity contribution in [2.24, 2.45) is 0 Å². The van der Waals surface area contributed by atoms with Gasteiger partial charge in [-0.15, -0.1) is 11.3 Å². The summed E-state index contributed by atoms with van der Waals surface area (Å²) in [4.78, 5) is 13.0. The van der Waals surface area contributed by atoms with Crippen LogP contribution in [0, 0.1) is 0 Å². The number of hydrogen-bond acceptors (Lipinski definition) is 5. The molecule has 0 atom stereocenters. The second-order valence-electron chi connectivity index (χ2n) is 4.30. The molecule has 5 nitrogen and oxygen atoms in total. The van der Waals surface area contributed by atoms with E-state index in [1.54, 1.807) is 29.5 Å². The van der Waals surface area contributed by atoms with E-state index in [0.717, 1.165) is 0 Å². The third-order valence-corrected chi connectivity index (χ3v) is 3.70. The van der Waals surface area contributed by atoms with Crippen LogP contribution in [0.2, 0.25) is 0 Å². The molecule has 2 N–H and O–H groups in total. The highest BCUT2D eigenvalue weighted by atomic mass is 32.1. The van der Waals surface area contributed by atoms with Crippen LogP contribution in [0.15, 0.2) is 35.7 Å². The molecule has 0 bridgehead atoms. The molecule has 1 aromatic heterocycles. The summed E-state index contributed by atoms with van der Waals surface area (Å²) in [6.07, 6.45) is 0. The molecule has 0 saturated carbocycles. The molecule has 0 fully saturated rings. The van der Waals surface area contributed by atoms with Crippen molar-refractivity contribution < 1.29 is 14.3 Å². The van der Waals surface area contributed by atoms with Crippen LogP contribution in [0.5, 0.6) is 11.5 Å². The quantitative estimate of drug-likeness (QED) is 0.886. The van der Waals surface area contributed by atoms with Gasteiger partial charge in [-0.1, -0.05) is 6.07 Å². The topological polar surface area (TPSA) is 59.6 Å². The highest BCUT2D eigenvalue weighted by molar-refractivity contribution is 7.09. The minimum absolute atomic E-state index is 0.0829. The molecular weight excluding hydrogens is 276 g/mol. The molecule has 0 saturated heterocycles. The molecule has 0 unspecified atom stereocenters. The van der Waals surface area contributed by atoms with Gasteiger partial charge in [0.2, 0.25) is 12.7 Å². The van der Waals surface area contributed by atoms with Crippen molar-refractivity contribution in [3.05, 3.63) is 40.6 Å². The van der Waals surface area contributed by atoms with E-state index in [0.29, 0.717) is 23.7 Å². The number of rotatable bonds is 5. The van der Waals surface area contributed by atoms with E-state index in [2.05, 4.69) is 10.6 Å². The molecule has 2 aromatic rings. The maximum atomic E-state index is 11.8. The highest BCUT2D eigenvalue weighted by Gasteiger charge is 2.13. The molecule has 1 amide bonds. The first kappa shape index (κ1) is 13.0. The van der Waals surface area contributed by atoms with Crippen LogP contribution in [-0.4, -0.2) is 19.2 Å². The molecule has 2 heterocycles. The maximum Gasteiger partial charge on any atom is 0.238 e. The van der Waals surface area contributed by atoms with Gasteiger partial charge in [-0.25, -0.2) is 0 Å². The van der Waals surface area contributed by atoms with Crippen LogP contribution < -0.4 is 20.1 Å². The molecule has 0 spiro atoms. The molecule has 0 aliphatic carbocycles. The van der Waals surface area contributed by atoms with Crippen LogP contribution in [0.1, 0.15) is 4.88 Å². The average Bonchev–Trinajstić information content (AvgIpc) is 3.08. The third-order valence-electron chi connectivity index (χ3n) is 2.82.